The van der Waals surface area contributed by atoms with Crippen molar-refractivity contribution in [2.24, 2.45) is 0 Å². The van der Waals surface area contributed by atoms with E-state index in [1.54, 1.807) is 26.2 Å². The summed E-state index contributed by atoms with van der Waals surface area (Å²) in [6.45, 7) is 3.85. The molecule has 26 heavy (non-hydrogen) atoms. The van der Waals surface area contributed by atoms with E-state index in [9.17, 15) is 9.59 Å². The van der Waals surface area contributed by atoms with Gasteiger partial charge >= 0.3 is 0 Å². The van der Waals surface area contributed by atoms with Crippen LogP contribution in [0, 0.1) is 0 Å². The van der Waals surface area contributed by atoms with Crippen LogP contribution in [-0.4, -0.2) is 29.9 Å². The van der Waals surface area contributed by atoms with E-state index in [2.05, 4.69) is 5.32 Å². The van der Waals surface area contributed by atoms with E-state index in [4.69, 9.17) is 16.3 Å². The van der Waals surface area contributed by atoms with Crippen molar-refractivity contribution in [1.82, 2.24) is 10.2 Å². The van der Waals surface area contributed by atoms with Crippen LogP contribution in [0.5, 0.6) is 5.75 Å². The van der Waals surface area contributed by atoms with Gasteiger partial charge in [-0.3, -0.25) is 9.59 Å². The van der Waals surface area contributed by atoms with E-state index in [0.717, 1.165) is 11.1 Å². The van der Waals surface area contributed by atoms with Gasteiger partial charge in [-0.05, 0) is 30.7 Å². The molecule has 0 saturated carbocycles. The normalized spacial score (nSPS) is 11.5. The minimum atomic E-state index is -0.599. The highest BCUT2D eigenvalue weighted by Gasteiger charge is 2.23. The summed E-state index contributed by atoms with van der Waals surface area (Å²) in [5.74, 6) is 0.324. The number of halogens is 1. The first-order valence-corrected chi connectivity index (χ1v) is 8.71. The molecule has 2 aromatic rings. The van der Waals surface area contributed by atoms with Crippen LogP contribution in [0.1, 0.15) is 25.0 Å². The zero-order valence-corrected chi connectivity index (χ0v) is 15.9. The van der Waals surface area contributed by atoms with E-state index >= 15 is 0 Å². The van der Waals surface area contributed by atoms with Crippen molar-refractivity contribution < 1.29 is 14.3 Å². The van der Waals surface area contributed by atoms with Crippen LogP contribution in [0.2, 0.25) is 5.02 Å². The Morgan fingerprint density at radius 3 is 2.42 bits per heavy atom. The van der Waals surface area contributed by atoms with Gasteiger partial charge in [0.05, 0.1) is 7.11 Å². The SMILES string of the molecule is COc1ccccc1CNC(=O)[C@@H](C)N(Cc1ccc(Cl)cc1)C(C)=O. The van der Waals surface area contributed by atoms with Gasteiger partial charge in [-0.2, -0.15) is 0 Å². The average Bonchev–Trinajstić information content (AvgIpc) is 2.65. The molecule has 6 heteroatoms. The summed E-state index contributed by atoms with van der Waals surface area (Å²) in [7, 11) is 1.59. The summed E-state index contributed by atoms with van der Waals surface area (Å²) in [6.07, 6.45) is 0. The second-order valence-electron chi connectivity index (χ2n) is 5.98. The molecule has 0 heterocycles. The fourth-order valence-corrected chi connectivity index (χ4v) is 2.75. The molecule has 0 aliphatic carbocycles. The smallest absolute Gasteiger partial charge is 0.242 e. The van der Waals surface area contributed by atoms with Gasteiger partial charge in [-0.1, -0.05) is 41.9 Å². The van der Waals surface area contributed by atoms with Crippen molar-refractivity contribution in [3.05, 3.63) is 64.7 Å². The summed E-state index contributed by atoms with van der Waals surface area (Å²) in [6, 6.07) is 14.1. The fraction of sp³-hybridized carbons (Fsp3) is 0.300. The Kier molecular flexibility index (Phi) is 7.04. The van der Waals surface area contributed by atoms with Crippen molar-refractivity contribution in [1.29, 1.82) is 0 Å². The van der Waals surface area contributed by atoms with E-state index in [1.807, 2.05) is 36.4 Å². The van der Waals surface area contributed by atoms with Gasteiger partial charge in [0.25, 0.3) is 0 Å². The third-order valence-electron chi connectivity index (χ3n) is 4.16. The number of ether oxygens (including phenoxy) is 1. The van der Waals surface area contributed by atoms with Gasteiger partial charge in [0.1, 0.15) is 11.8 Å². The Hall–Kier alpha value is -2.53. The van der Waals surface area contributed by atoms with Crippen molar-refractivity contribution >= 4 is 23.4 Å². The van der Waals surface area contributed by atoms with Gasteiger partial charge in [-0.25, -0.2) is 0 Å². The number of nitrogens with one attached hydrogen (secondary N) is 1. The number of nitrogens with zero attached hydrogens (tertiary/aromatic N) is 1. The van der Waals surface area contributed by atoms with E-state index < -0.39 is 6.04 Å². The van der Waals surface area contributed by atoms with Gasteiger partial charge in [0.2, 0.25) is 11.8 Å². The molecule has 1 atom stereocenters. The minimum Gasteiger partial charge on any atom is -0.496 e. The number of para-hydroxylation sites is 1. The monoisotopic (exact) mass is 374 g/mol. The van der Waals surface area contributed by atoms with E-state index in [1.165, 1.54) is 11.8 Å². The molecule has 0 fully saturated rings. The first-order valence-electron chi connectivity index (χ1n) is 8.33. The second kappa shape index (κ2) is 9.25. The predicted octanol–water partition coefficient (Wildman–Crippen LogP) is 3.40. The zero-order chi connectivity index (χ0) is 19.1. The molecule has 0 spiro atoms. The maximum atomic E-state index is 12.5. The van der Waals surface area contributed by atoms with Crippen LogP contribution >= 0.6 is 11.6 Å². The van der Waals surface area contributed by atoms with Crippen LogP contribution in [0.15, 0.2) is 48.5 Å². The Morgan fingerprint density at radius 2 is 1.81 bits per heavy atom. The molecule has 2 rings (SSSR count). The number of amides is 2. The number of carbonyl (C=O) groups is 2. The van der Waals surface area contributed by atoms with E-state index in [0.29, 0.717) is 23.9 Å². The summed E-state index contributed by atoms with van der Waals surface area (Å²) in [4.78, 5) is 26.1. The van der Waals surface area contributed by atoms with Gasteiger partial charge in [0, 0.05) is 30.6 Å². The molecule has 2 amide bonds. The molecule has 0 unspecified atom stereocenters. The lowest BCUT2D eigenvalue weighted by Gasteiger charge is -2.27. The highest BCUT2D eigenvalue weighted by Crippen LogP contribution is 2.17. The zero-order valence-electron chi connectivity index (χ0n) is 15.2. The third-order valence-corrected chi connectivity index (χ3v) is 4.42. The van der Waals surface area contributed by atoms with Crippen molar-refractivity contribution in [3.63, 3.8) is 0 Å². The first-order chi connectivity index (χ1) is 12.4. The Labute approximate surface area is 158 Å². The maximum absolute atomic E-state index is 12.5. The molecule has 5 nitrogen and oxygen atoms in total. The Morgan fingerprint density at radius 1 is 1.15 bits per heavy atom. The predicted molar refractivity (Wildman–Crippen MR) is 102 cm³/mol. The van der Waals surface area contributed by atoms with Crippen LogP contribution in [0.4, 0.5) is 0 Å². The molecule has 138 valence electrons. The molecule has 0 aliphatic rings. The molecule has 0 radical (unpaired) electrons. The minimum absolute atomic E-state index is 0.167. The number of carbonyl (C=O) groups excluding carboxylic acids is 2. The molecule has 2 aromatic carbocycles. The van der Waals surface area contributed by atoms with Crippen molar-refractivity contribution in [2.75, 3.05) is 7.11 Å². The lowest BCUT2D eigenvalue weighted by molar-refractivity contribution is -0.139. The number of rotatable bonds is 7. The Bertz CT molecular complexity index is 762. The average molecular weight is 375 g/mol. The Balaban J connectivity index is 2.03. The van der Waals surface area contributed by atoms with Gasteiger partial charge in [0.15, 0.2) is 0 Å². The lowest BCUT2D eigenvalue weighted by atomic mass is 10.1. The molecule has 0 aliphatic heterocycles. The molecular weight excluding hydrogens is 352 g/mol. The molecule has 0 bridgehead atoms. The number of benzene rings is 2. The molecule has 0 aromatic heterocycles. The number of hydrogen-bond acceptors (Lipinski definition) is 3. The molecular formula is C20H23ClN2O3. The van der Waals surface area contributed by atoms with Crippen LogP contribution in [0.25, 0.3) is 0 Å². The largest absolute Gasteiger partial charge is 0.496 e. The molecule has 1 N–H and O–H groups in total. The number of methoxy groups -OCH3 is 1. The maximum Gasteiger partial charge on any atom is 0.242 e. The van der Waals surface area contributed by atoms with Crippen LogP contribution < -0.4 is 10.1 Å². The summed E-state index contributed by atoms with van der Waals surface area (Å²) in [5, 5.41) is 3.50. The van der Waals surface area contributed by atoms with Crippen LogP contribution in [-0.2, 0) is 22.7 Å². The van der Waals surface area contributed by atoms with Gasteiger partial charge < -0.3 is 15.0 Å². The fourth-order valence-electron chi connectivity index (χ4n) is 2.63. The second-order valence-corrected chi connectivity index (χ2v) is 6.42. The summed E-state index contributed by atoms with van der Waals surface area (Å²) < 4.78 is 5.29. The van der Waals surface area contributed by atoms with Crippen LogP contribution in [0.3, 0.4) is 0 Å². The summed E-state index contributed by atoms with van der Waals surface area (Å²) in [5.41, 5.74) is 1.79. The topological polar surface area (TPSA) is 58.6 Å². The molecule has 0 saturated heterocycles. The lowest BCUT2D eigenvalue weighted by Crippen LogP contribution is -2.46. The summed E-state index contributed by atoms with van der Waals surface area (Å²) >= 11 is 5.89. The quantitative estimate of drug-likeness (QED) is 0.808. The van der Waals surface area contributed by atoms with Crippen molar-refractivity contribution in [2.45, 2.75) is 33.0 Å². The standard InChI is InChI=1S/C20H23ClN2O3/c1-14(20(25)22-12-17-6-4-5-7-19(17)26-3)23(15(2)24)13-16-8-10-18(21)11-9-16/h4-11,14H,12-13H2,1-3H3,(H,22,25)/t14-/m1/s1. The number of hydrogen-bond donors (Lipinski definition) is 1. The highest BCUT2D eigenvalue weighted by atomic mass is 35.5. The third kappa shape index (κ3) is 5.23. The van der Waals surface area contributed by atoms with Crippen molar-refractivity contribution in [3.8, 4) is 5.75 Å². The highest BCUT2D eigenvalue weighted by molar-refractivity contribution is 6.30. The van der Waals surface area contributed by atoms with Gasteiger partial charge in [-0.15, -0.1) is 0 Å². The first kappa shape index (κ1) is 19.8. The van der Waals surface area contributed by atoms with E-state index in [-0.39, 0.29) is 11.8 Å².